The molecule has 0 aliphatic rings. The van der Waals surface area contributed by atoms with Crippen molar-refractivity contribution >= 4 is 28.3 Å². The molecule has 0 radical (unpaired) electrons. The van der Waals surface area contributed by atoms with E-state index in [0.717, 1.165) is 15.9 Å². The van der Waals surface area contributed by atoms with Gasteiger partial charge < -0.3 is 9.72 Å². The molecule has 0 aliphatic heterocycles. The predicted molar refractivity (Wildman–Crippen MR) is 50.0 cm³/mol. The van der Waals surface area contributed by atoms with E-state index in [-0.39, 0.29) is 5.97 Å². The molecule has 0 unspecified atom stereocenters. The third kappa shape index (κ3) is 1.12. The lowest BCUT2D eigenvalue weighted by molar-refractivity contribution is 0.0608. The first-order valence-corrected chi connectivity index (χ1v) is 4.56. The molecule has 5 heteroatoms. The maximum Gasteiger partial charge on any atom is 0.350 e. The van der Waals surface area contributed by atoms with Gasteiger partial charge in [-0.2, -0.15) is 0 Å². The van der Waals surface area contributed by atoms with E-state index >= 15 is 0 Å². The van der Waals surface area contributed by atoms with Crippen molar-refractivity contribution in [1.29, 1.82) is 0 Å². The first kappa shape index (κ1) is 8.25. The zero-order valence-electron chi connectivity index (χ0n) is 7.25. The van der Waals surface area contributed by atoms with Crippen molar-refractivity contribution in [2.24, 2.45) is 0 Å². The Morgan fingerprint density at radius 1 is 1.69 bits per heavy atom. The number of hydrogen-bond acceptors (Lipinski definition) is 4. The molecule has 2 rings (SSSR count). The topological polar surface area (TPSA) is 55.0 Å². The average Bonchev–Trinajstić information content (AvgIpc) is 2.68. The Bertz CT molecular complexity index is 458. The Morgan fingerprint density at radius 3 is 3.15 bits per heavy atom. The van der Waals surface area contributed by atoms with E-state index in [9.17, 15) is 4.79 Å². The van der Waals surface area contributed by atoms with Gasteiger partial charge in [-0.3, -0.25) is 0 Å². The van der Waals surface area contributed by atoms with Crippen molar-refractivity contribution in [3.63, 3.8) is 0 Å². The highest BCUT2D eigenvalue weighted by atomic mass is 32.1. The molecule has 2 aromatic heterocycles. The zero-order chi connectivity index (χ0) is 9.42. The lowest BCUT2D eigenvalue weighted by Crippen LogP contribution is -1.98. The molecule has 4 nitrogen and oxygen atoms in total. The average molecular weight is 196 g/mol. The fraction of sp³-hybridized carbons (Fsp3) is 0.250. The van der Waals surface area contributed by atoms with Crippen molar-refractivity contribution in [2.75, 3.05) is 7.11 Å². The number of imidazole rings is 1. The number of aromatic amines is 1. The van der Waals surface area contributed by atoms with Gasteiger partial charge >= 0.3 is 5.97 Å². The van der Waals surface area contributed by atoms with Crippen LogP contribution in [0.5, 0.6) is 0 Å². The van der Waals surface area contributed by atoms with E-state index in [4.69, 9.17) is 0 Å². The fourth-order valence-electron chi connectivity index (χ4n) is 1.22. The third-order valence-corrected chi connectivity index (χ3v) is 2.90. The van der Waals surface area contributed by atoms with Gasteiger partial charge in [-0.25, -0.2) is 9.78 Å². The Hall–Kier alpha value is -1.36. The lowest BCUT2D eigenvalue weighted by atomic mass is 10.3. The second-order valence-corrected chi connectivity index (χ2v) is 3.83. The summed E-state index contributed by atoms with van der Waals surface area (Å²) in [5.74, 6) is -0.313. The monoisotopic (exact) mass is 196 g/mol. The molecule has 1 N–H and O–H groups in total. The quantitative estimate of drug-likeness (QED) is 0.706. The number of hydrogen-bond donors (Lipinski definition) is 1. The van der Waals surface area contributed by atoms with Gasteiger partial charge in [0.1, 0.15) is 10.4 Å². The number of thiophene rings is 1. The number of carbonyl (C=O) groups is 1. The molecular formula is C8H8N2O2S. The van der Waals surface area contributed by atoms with Crippen LogP contribution in [0.15, 0.2) is 6.33 Å². The summed E-state index contributed by atoms with van der Waals surface area (Å²) in [6.45, 7) is 1.93. The number of methoxy groups -OCH3 is 1. The zero-order valence-corrected chi connectivity index (χ0v) is 8.07. The number of fused-ring (bicyclic) bond motifs is 1. The number of aromatic nitrogens is 2. The van der Waals surface area contributed by atoms with Crippen LogP contribution in [0, 0.1) is 6.92 Å². The highest BCUT2D eigenvalue weighted by Gasteiger charge is 2.17. The van der Waals surface area contributed by atoms with Crippen molar-refractivity contribution in [3.8, 4) is 0 Å². The highest BCUT2D eigenvalue weighted by molar-refractivity contribution is 7.15. The highest BCUT2D eigenvalue weighted by Crippen LogP contribution is 2.28. The number of H-pyrrole nitrogens is 1. The molecule has 0 bridgehead atoms. The summed E-state index contributed by atoms with van der Waals surface area (Å²) >= 11 is 1.40. The molecule has 0 aromatic carbocycles. The Balaban J connectivity index is 2.68. The minimum absolute atomic E-state index is 0.313. The second-order valence-electron chi connectivity index (χ2n) is 2.61. The SMILES string of the molecule is COC(=O)c1sc(C)c2nc[nH]c12. The number of ether oxygens (including phenoxy) is 1. The van der Waals surface area contributed by atoms with Crippen molar-refractivity contribution in [3.05, 3.63) is 16.1 Å². The molecular weight excluding hydrogens is 188 g/mol. The third-order valence-electron chi connectivity index (χ3n) is 1.83. The molecule has 0 aliphatic carbocycles. The number of nitrogens with one attached hydrogen (secondary N) is 1. The first-order chi connectivity index (χ1) is 6.24. The molecule has 68 valence electrons. The van der Waals surface area contributed by atoms with Crippen LogP contribution in [0.1, 0.15) is 14.5 Å². The Labute approximate surface area is 78.6 Å². The van der Waals surface area contributed by atoms with Crippen molar-refractivity contribution < 1.29 is 9.53 Å². The summed E-state index contributed by atoms with van der Waals surface area (Å²) in [5, 5.41) is 0. The van der Waals surface area contributed by atoms with Gasteiger partial charge in [0.2, 0.25) is 0 Å². The van der Waals surface area contributed by atoms with Crippen LogP contribution in [-0.2, 0) is 4.74 Å². The van der Waals surface area contributed by atoms with Crippen LogP contribution >= 0.6 is 11.3 Å². The normalized spacial score (nSPS) is 10.6. The van der Waals surface area contributed by atoms with E-state index in [2.05, 4.69) is 14.7 Å². The molecule has 0 atom stereocenters. The maximum atomic E-state index is 11.3. The fourth-order valence-corrected chi connectivity index (χ4v) is 2.21. The van der Waals surface area contributed by atoms with Gasteiger partial charge in [-0.05, 0) is 6.92 Å². The second kappa shape index (κ2) is 2.85. The smallest absolute Gasteiger partial charge is 0.350 e. The molecule has 2 heterocycles. The maximum absolute atomic E-state index is 11.3. The van der Waals surface area contributed by atoms with E-state index in [1.165, 1.54) is 18.4 Å². The van der Waals surface area contributed by atoms with Crippen LogP contribution in [0.2, 0.25) is 0 Å². The van der Waals surface area contributed by atoms with Crippen LogP contribution in [0.3, 0.4) is 0 Å². The summed E-state index contributed by atoms with van der Waals surface area (Å²) in [4.78, 5) is 19.9. The van der Waals surface area contributed by atoms with Crippen molar-refractivity contribution in [1.82, 2.24) is 9.97 Å². The van der Waals surface area contributed by atoms with E-state index in [1.54, 1.807) is 6.33 Å². The van der Waals surface area contributed by atoms with Crippen molar-refractivity contribution in [2.45, 2.75) is 6.92 Å². The van der Waals surface area contributed by atoms with E-state index in [0.29, 0.717) is 4.88 Å². The molecule has 0 spiro atoms. The van der Waals surface area contributed by atoms with Gasteiger partial charge in [-0.1, -0.05) is 0 Å². The van der Waals surface area contributed by atoms with Gasteiger partial charge in [0, 0.05) is 4.88 Å². The van der Waals surface area contributed by atoms with Crippen LogP contribution < -0.4 is 0 Å². The minimum atomic E-state index is -0.313. The summed E-state index contributed by atoms with van der Waals surface area (Å²) in [5.41, 5.74) is 1.62. The van der Waals surface area contributed by atoms with E-state index in [1.807, 2.05) is 6.92 Å². The first-order valence-electron chi connectivity index (χ1n) is 3.75. The van der Waals surface area contributed by atoms with Gasteiger partial charge in [0.25, 0.3) is 0 Å². The number of nitrogens with zero attached hydrogens (tertiary/aromatic N) is 1. The predicted octanol–water partition coefficient (Wildman–Crippen LogP) is 1.72. The Morgan fingerprint density at radius 2 is 2.46 bits per heavy atom. The number of carbonyl (C=O) groups excluding carboxylic acids is 1. The molecule has 0 amide bonds. The summed E-state index contributed by atoms with van der Waals surface area (Å²) in [6.07, 6.45) is 1.58. The van der Waals surface area contributed by atoms with Crippen LogP contribution in [-0.4, -0.2) is 23.0 Å². The number of aryl methyl sites for hydroxylation is 1. The summed E-state index contributed by atoms with van der Waals surface area (Å²) in [7, 11) is 1.37. The van der Waals surface area contributed by atoms with Gasteiger partial charge in [0.15, 0.2) is 0 Å². The molecule has 0 fully saturated rings. The number of esters is 1. The van der Waals surface area contributed by atoms with Gasteiger partial charge in [-0.15, -0.1) is 11.3 Å². The number of rotatable bonds is 1. The molecule has 0 saturated heterocycles. The summed E-state index contributed by atoms with van der Waals surface area (Å²) in [6, 6.07) is 0. The molecule has 0 saturated carbocycles. The largest absolute Gasteiger partial charge is 0.465 e. The molecule has 13 heavy (non-hydrogen) atoms. The summed E-state index contributed by atoms with van der Waals surface area (Å²) < 4.78 is 4.65. The van der Waals surface area contributed by atoms with Crippen LogP contribution in [0.4, 0.5) is 0 Å². The lowest BCUT2D eigenvalue weighted by Gasteiger charge is -1.92. The Kier molecular flexibility index (Phi) is 1.81. The van der Waals surface area contributed by atoms with Gasteiger partial charge in [0.05, 0.1) is 19.0 Å². The van der Waals surface area contributed by atoms with Crippen LogP contribution in [0.25, 0.3) is 11.0 Å². The van der Waals surface area contributed by atoms with E-state index < -0.39 is 0 Å². The minimum Gasteiger partial charge on any atom is -0.465 e. The molecule has 2 aromatic rings. The standard InChI is InChI=1S/C8H8N2O2S/c1-4-5-6(10-3-9-5)7(13-4)8(11)12-2/h3H,1-2H3,(H,9,10).